The summed E-state index contributed by atoms with van der Waals surface area (Å²) < 4.78 is 10.6. The Bertz CT molecular complexity index is 398. The Morgan fingerprint density at radius 2 is 1.89 bits per heavy atom. The number of carbonyl (C=O) groups excluding carboxylic acids is 1. The highest BCUT2D eigenvalue weighted by Gasteiger charge is 2.15. The standard InChI is InChI=1S/C14H20BrNO3/c1-14(2,3)19-13(17)16-8-9-18-12-6-4-11(10-15)5-7-12/h4-7H,8-10H2,1-3H3,(H,16,17). The fourth-order valence-electron chi connectivity index (χ4n) is 1.31. The summed E-state index contributed by atoms with van der Waals surface area (Å²) in [4.78, 5) is 11.4. The average Bonchev–Trinajstić information content (AvgIpc) is 2.33. The van der Waals surface area contributed by atoms with E-state index in [2.05, 4.69) is 21.2 Å². The molecular weight excluding hydrogens is 310 g/mol. The van der Waals surface area contributed by atoms with E-state index in [1.807, 2.05) is 45.0 Å². The number of ether oxygens (including phenoxy) is 2. The lowest BCUT2D eigenvalue weighted by molar-refractivity contribution is 0.0520. The maximum Gasteiger partial charge on any atom is 0.407 e. The molecule has 1 aromatic rings. The van der Waals surface area contributed by atoms with Gasteiger partial charge in [0.2, 0.25) is 0 Å². The number of amides is 1. The number of carbonyl (C=O) groups is 1. The second-order valence-electron chi connectivity index (χ2n) is 5.05. The van der Waals surface area contributed by atoms with Gasteiger partial charge in [-0.3, -0.25) is 0 Å². The summed E-state index contributed by atoms with van der Waals surface area (Å²) in [5.41, 5.74) is 0.718. The third-order valence-electron chi connectivity index (χ3n) is 2.12. The molecule has 1 rings (SSSR count). The minimum Gasteiger partial charge on any atom is -0.492 e. The van der Waals surface area contributed by atoms with E-state index >= 15 is 0 Å². The number of nitrogens with one attached hydrogen (secondary N) is 1. The van der Waals surface area contributed by atoms with E-state index < -0.39 is 11.7 Å². The van der Waals surface area contributed by atoms with Crippen LogP contribution in [0.2, 0.25) is 0 Å². The normalized spacial score (nSPS) is 10.9. The van der Waals surface area contributed by atoms with Crippen molar-refractivity contribution in [3.05, 3.63) is 29.8 Å². The Labute approximate surface area is 122 Å². The van der Waals surface area contributed by atoms with Crippen molar-refractivity contribution in [2.24, 2.45) is 0 Å². The zero-order valence-electron chi connectivity index (χ0n) is 11.5. The molecule has 0 saturated carbocycles. The Balaban J connectivity index is 2.21. The van der Waals surface area contributed by atoms with Gasteiger partial charge in [-0.1, -0.05) is 28.1 Å². The van der Waals surface area contributed by atoms with Gasteiger partial charge >= 0.3 is 6.09 Å². The fourth-order valence-corrected chi connectivity index (χ4v) is 1.68. The summed E-state index contributed by atoms with van der Waals surface area (Å²) in [6, 6.07) is 7.80. The molecular formula is C14H20BrNO3. The van der Waals surface area contributed by atoms with E-state index in [1.54, 1.807) is 0 Å². The van der Waals surface area contributed by atoms with Crippen molar-refractivity contribution in [2.75, 3.05) is 13.2 Å². The molecule has 0 atom stereocenters. The molecule has 0 aliphatic carbocycles. The minimum atomic E-state index is -0.476. The van der Waals surface area contributed by atoms with E-state index in [4.69, 9.17) is 9.47 Å². The number of halogens is 1. The van der Waals surface area contributed by atoms with Crippen molar-refractivity contribution in [3.63, 3.8) is 0 Å². The van der Waals surface area contributed by atoms with Crippen LogP contribution in [0.15, 0.2) is 24.3 Å². The van der Waals surface area contributed by atoms with Gasteiger partial charge in [0, 0.05) is 5.33 Å². The SMILES string of the molecule is CC(C)(C)OC(=O)NCCOc1ccc(CBr)cc1. The first kappa shape index (κ1) is 15.8. The molecule has 0 aliphatic heterocycles. The van der Waals surface area contributed by atoms with Crippen LogP contribution in [0.4, 0.5) is 4.79 Å². The van der Waals surface area contributed by atoms with Crippen LogP contribution >= 0.6 is 15.9 Å². The lowest BCUT2D eigenvalue weighted by Gasteiger charge is -2.19. The van der Waals surface area contributed by atoms with Crippen LogP contribution < -0.4 is 10.1 Å². The summed E-state index contributed by atoms with van der Waals surface area (Å²) in [6.07, 6.45) is -0.425. The van der Waals surface area contributed by atoms with Crippen molar-refractivity contribution in [1.29, 1.82) is 0 Å². The second-order valence-corrected chi connectivity index (χ2v) is 5.62. The Morgan fingerprint density at radius 1 is 1.26 bits per heavy atom. The number of benzene rings is 1. The second kappa shape index (κ2) is 7.38. The lowest BCUT2D eigenvalue weighted by Crippen LogP contribution is -2.34. The number of alkyl carbamates (subject to hydrolysis) is 1. The molecule has 0 aliphatic rings. The summed E-state index contributed by atoms with van der Waals surface area (Å²) in [5, 5.41) is 3.47. The molecule has 0 bridgehead atoms. The van der Waals surface area contributed by atoms with Crippen LogP contribution in [0.5, 0.6) is 5.75 Å². The monoisotopic (exact) mass is 329 g/mol. The van der Waals surface area contributed by atoms with Gasteiger partial charge in [-0.2, -0.15) is 0 Å². The highest BCUT2D eigenvalue weighted by atomic mass is 79.9. The molecule has 0 unspecified atom stereocenters. The van der Waals surface area contributed by atoms with E-state index in [0.717, 1.165) is 11.1 Å². The third-order valence-corrected chi connectivity index (χ3v) is 2.76. The number of alkyl halides is 1. The molecule has 1 aromatic carbocycles. The zero-order valence-corrected chi connectivity index (χ0v) is 13.1. The molecule has 106 valence electrons. The molecule has 1 N–H and O–H groups in total. The highest BCUT2D eigenvalue weighted by Crippen LogP contribution is 2.13. The molecule has 0 fully saturated rings. The van der Waals surface area contributed by atoms with Gasteiger partial charge in [-0.25, -0.2) is 4.79 Å². The summed E-state index contributed by atoms with van der Waals surface area (Å²) in [6.45, 7) is 6.31. The van der Waals surface area contributed by atoms with Crippen LogP contribution in [-0.4, -0.2) is 24.8 Å². The summed E-state index contributed by atoms with van der Waals surface area (Å²) in [7, 11) is 0. The molecule has 0 aromatic heterocycles. The molecule has 1 amide bonds. The van der Waals surface area contributed by atoms with E-state index in [1.165, 1.54) is 5.56 Å². The first-order chi connectivity index (χ1) is 8.90. The van der Waals surface area contributed by atoms with Crippen molar-refractivity contribution in [1.82, 2.24) is 5.32 Å². The molecule has 0 heterocycles. The number of rotatable bonds is 5. The van der Waals surface area contributed by atoms with Crippen molar-refractivity contribution in [3.8, 4) is 5.75 Å². The number of hydrogen-bond acceptors (Lipinski definition) is 3. The molecule has 0 radical (unpaired) electrons. The van der Waals surface area contributed by atoms with E-state index in [0.29, 0.717) is 13.2 Å². The predicted octanol–water partition coefficient (Wildman–Crippen LogP) is 3.49. The van der Waals surface area contributed by atoms with Crippen LogP contribution in [0.1, 0.15) is 26.3 Å². The molecule has 4 nitrogen and oxygen atoms in total. The van der Waals surface area contributed by atoms with Crippen molar-refractivity contribution >= 4 is 22.0 Å². The Morgan fingerprint density at radius 3 is 2.42 bits per heavy atom. The van der Waals surface area contributed by atoms with Gasteiger partial charge in [0.1, 0.15) is 18.0 Å². The predicted molar refractivity (Wildman–Crippen MR) is 78.8 cm³/mol. The topological polar surface area (TPSA) is 47.6 Å². The average molecular weight is 330 g/mol. The van der Waals surface area contributed by atoms with Crippen LogP contribution in [0.3, 0.4) is 0 Å². The number of hydrogen-bond donors (Lipinski definition) is 1. The largest absolute Gasteiger partial charge is 0.492 e. The maximum absolute atomic E-state index is 11.4. The lowest BCUT2D eigenvalue weighted by atomic mass is 10.2. The summed E-state index contributed by atoms with van der Waals surface area (Å²) in [5.74, 6) is 0.788. The Hall–Kier alpha value is -1.23. The third kappa shape index (κ3) is 7.06. The van der Waals surface area contributed by atoms with Crippen molar-refractivity contribution in [2.45, 2.75) is 31.7 Å². The molecule has 5 heteroatoms. The van der Waals surface area contributed by atoms with Crippen LogP contribution in [0, 0.1) is 0 Å². The van der Waals surface area contributed by atoms with Crippen LogP contribution in [-0.2, 0) is 10.1 Å². The van der Waals surface area contributed by atoms with E-state index in [9.17, 15) is 4.79 Å². The minimum absolute atomic E-state index is 0.410. The summed E-state index contributed by atoms with van der Waals surface area (Å²) >= 11 is 3.38. The van der Waals surface area contributed by atoms with Gasteiger partial charge in [-0.15, -0.1) is 0 Å². The molecule has 19 heavy (non-hydrogen) atoms. The van der Waals surface area contributed by atoms with Gasteiger partial charge < -0.3 is 14.8 Å². The quantitative estimate of drug-likeness (QED) is 0.664. The van der Waals surface area contributed by atoms with Gasteiger partial charge in [-0.05, 0) is 38.5 Å². The smallest absolute Gasteiger partial charge is 0.407 e. The fraction of sp³-hybridized carbons (Fsp3) is 0.500. The molecule has 0 spiro atoms. The van der Waals surface area contributed by atoms with Crippen molar-refractivity contribution < 1.29 is 14.3 Å². The van der Waals surface area contributed by atoms with Crippen LogP contribution in [0.25, 0.3) is 0 Å². The first-order valence-electron chi connectivity index (χ1n) is 6.15. The van der Waals surface area contributed by atoms with E-state index in [-0.39, 0.29) is 0 Å². The maximum atomic E-state index is 11.4. The first-order valence-corrected chi connectivity index (χ1v) is 7.27. The van der Waals surface area contributed by atoms with Gasteiger partial charge in [0.25, 0.3) is 0 Å². The zero-order chi connectivity index (χ0) is 14.3. The van der Waals surface area contributed by atoms with Gasteiger partial charge in [0.05, 0.1) is 6.54 Å². The Kier molecular flexibility index (Phi) is 6.15. The van der Waals surface area contributed by atoms with Gasteiger partial charge in [0.15, 0.2) is 0 Å². The highest BCUT2D eigenvalue weighted by molar-refractivity contribution is 9.08. The molecule has 0 saturated heterocycles.